The first kappa shape index (κ1) is 13.2. The zero-order valence-corrected chi connectivity index (χ0v) is 11.1. The molecule has 0 aromatic rings. The lowest BCUT2D eigenvalue weighted by Crippen LogP contribution is -2.35. The molecule has 0 aliphatic carbocycles. The molecule has 90 valence electrons. The Bertz CT molecular complexity index is 310. The number of thioether (sulfide) groups is 1. The first-order valence-corrected chi connectivity index (χ1v) is 6.57. The highest BCUT2D eigenvalue weighted by Crippen LogP contribution is 2.20. The molecule has 1 saturated heterocycles. The predicted octanol–water partition coefficient (Wildman–Crippen LogP) is 2.36. The Morgan fingerprint density at radius 3 is 2.62 bits per heavy atom. The van der Waals surface area contributed by atoms with Crippen LogP contribution in [0.4, 0.5) is 0 Å². The molecular weight excluding hydrogens is 222 g/mol. The summed E-state index contributed by atoms with van der Waals surface area (Å²) in [6, 6.07) is 0.185. The Morgan fingerprint density at radius 1 is 1.38 bits per heavy atom. The average molecular weight is 241 g/mol. The number of carbonyl (C=O) groups excluding carboxylic acids is 1. The highest BCUT2D eigenvalue weighted by molar-refractivity contribution is 8.13. The smallest absolute Gasteiger partial charge is 0.250 e. The Morgan fingerprint density at radius 2 is 2.06 bits per heavy atom. The van der Waals surface area contributed by atoms with Crippen LogP contribution in [-0.4, -0.2) is 34.1 Å². The molecule has 0 saturated carbocycles. The maximum Gasteiger partial charge on any atom is 0.250 e. The maximum atomic E-state index is 11.7. The van der Waals surface area contributed by atoms with Crippen LogP contribution in [0.15, 0.2) is 10.1 Å². The van der Waals surface area contributed by atoms with E-state index in [1.54, 1.807) is 18.0 Å². The monoisotopic (exact) mass is 241 g/mol. The fourth-order valence-electron chi connectivity index (χ4n) is 1.13. The van der Waals surface area contributed by atoms with Gasteiger partial charge >= 0.3 is 0 Å². The molecular formula is C11H19N3OS. The van der Waals surface area contributed by atoms with E-state index in [2.05, 4.69) is 10.1 Å². The van der Waals surface area contributed by atoms with Gasteiger partial charge in [-0.3, -0.25) is 9.79 Å². The molecule has 1 fully saturated rings. The summed E-state index contributed by atoms with van der Waals surface area (Å²) in [5, 5.41) is 6.37. The van der Waals surface area contributed by atoms with Crippen LogP contribution in [0.1, 0.15) is 34.1 Å². The molecule has 0 spiro atoms. The second kappa shape index (κ2) is 6.03. The summed E-state index contributed by atoms with van der Waals surface area (Å²) in [6.07, 6.45) is 2.32. The number of nitrogens with zero attached hydrogens (tertiary/aromatic N) is 3. The van der Waals surface area contributed by atoms with E-state index in [4.69, 9.17) is 0 Å². The van der Waals surface area contributed by atoms with Gasteiger partial charge in [-0.15, -0.1) is 0 Å². The zero-order chi connectivity index (χ0) is 12.1. The molecule has 1 rings (SSSR count). The molecule has 0 atom stereocenters. The standard InChI is InChI=1S/C11H19N3OS/c1-8(2)7-12-14-10(15)5-6-16-11(14)13-9(3)4/h7-9H,5-6H2,1-4H3/b12-7+,13-11?. The van der Waals surface area contributed by atoms with E-state index in [0.717, 1.165) is 10.9 Å². The van der Waals surface area contributed by atoms with Crippen LogP contribution < -0.4 is 0 Å². The van der Waals surface area contributed by atoms with Crippen LogP contribution in [0.25, 0.3) is 0 Å². The van der Waals surface area contributed by atoms with Crippen molar-refractivity contribution in [2.24, 2.45) is 16.0 Å². The number of amides is 1. The van der Waals surface area contributed by atoms with Gasteiger partial charge in [-0.05, 0) is 19.8 Å². The molecule has 1 heterocycles. The molecule has 16 heavy (non-hydrogen) atoms. The van der Waals surface area contributed by atoms with Crippen molar-refractivity contribution < 1.29 is 4.79 Å². The summed E-state index contributed by atoms with van der Waals surface area (Å²) in [4.78, 5) is 16.1. The van der Waals surface area contributed by atoms with Gasteiger partial charge in [-0.25, -0.2) is 0 Å². The van der Waals surface area contributed by atoms with Crippen LogP contribution in [-0.2, 0) is 4.79 Å². The largest absolute Gasteiger partial charge is 0.272 e. The number of carbonyl (C=O) groups is 1. The summed E-state index contributed by atoms with van der Waals surface area (Å²) in [5.74, 6) is 1.17. The SMILES string of the molecule is CC(C)/C=N/N1C(=O)CCSC1=NC(C)C. The topological polar surface area (TPSA) is 45.0 Å². The van der Waals surface area contributed by atoms with Crippen molar-refractivity contribution in [3.63, 3.8) is 0 Å². The predicted molar refractivity (Wildman–Crippen MR) is 69.8 cm³/mol. The van der Waals surface area contributed by atoms with Crippen molar-refractivity contribution in [2.45, 2.75) is 40.2 Å². The maximum absolute atomic E-state index is 11.7. The van der Waals surface area contributed by atoms with Crippen molar-refractivity contribution in [3.05, 3.63) is 0 Å². The second-order valence-corrected chi connectivity index (χ2v) is 5.38. The van der Waals surface area contributed by atoms with E-state index in [1.807, 2.05) is 27.7 Å². The van der Waals surface area contributed by atoms with Crippen LogP contribution in [0, 0.1) is 5.92 Å². The third-order valence-corrected chi connectivity index (χ3v) is 2.76. The van der Waals surface area contributed by atoms with Gasteiger partial charge in [0.05, 0.1) is 0 Å². The van der Waals surface area contributed by atoms with Gasteiger partial charge in [0.1, 0.15) is 0 Å². The van der Waals surface area contributed by atoms with E-state index in [9.17, 15) is 4.79 Å². The summed E-state index contributed by atoms with van der Waals surface area (Å²) in [5.41, 5.74) is 0. The minimum Gasteiger partial charge on any atom is -0.272 e. The minimum atomic E-state index is 0.0371. The summed E-state index contributed by atoms with van der Waals surface area (Å²) >= 11 is 1.60. The van der Waals surface area contributed by atoms with Crippen LogP contribution in [0.3, 0.4) is 0 Å². The van der Waals surface area contributed by atoms with Gasteiger partial charge in [0.15, 0.2) is 5.17 Å². The van der Waals surface area contributed by atoms with Gasteiger partial charge in [-0.1, -0.05) is 25.6 Å². The number of hydrogen-bond donors (Lipinski definition) is 0. The highest BCUT2D eigenvalue weighted by atomic mass is 32.2. The molecule has 1 aliphatic rings. The van der Waals surface area contributed by atoms with Crippen molar-refractivity contribution in [2.75, 3.05) is 5.75 Å². The lowest BCUT2D eigenvalue weighted by Gasteiger charge is -2.23. The van der Waals surface area contributed by atoms with Gasteiger partial charge in [-0.2, -0.15) is 10.1 Å². The van der Waals surface area contributed by atoms with Gasteiger partial charge < -0.3 is 0 Å². The van der Waals surface area contributed by atoms with Crippen LogP contribution >= 0.6 is 11.8 Å². The van der Waals surface area contributed by atoms with E-state index >= 15 is 0 Å². The Kier molecular flexibility index (Phi) is 4.99. The number of amidine groups is 1. The molecule has 0 N–H and O–H groups in total. The molecule has 0 unspecified atom stereocenters. The molecule has 0 aromatic heterocycles. The highest BCUT2D eigenvalue weighted by Gasteiger charge is 2.24. The summed E-state index contributed by atoms with van der Waals surface area (Å²) < 4.78 is 0. The average Bonchev–Trinajstić information content (AvgIpc) is 2.15. The lowest BCUT2D eigenvalue weighted by atomic mass is 10.3. The zero-order valence-electron chi connectivity index (χ0n) is 10.3. The van der Waals surface area contributed by atoms with E-state index in [1.165, 1.54) is 5.01 Å². The number of rotatable bonds is 3. The molecule has 0 aromatic carbocycles. The Balaban J connectivity index is 2.84. The van der Waals surface area contributed by atoms with Crippen LogP contribution in [0.2, 0.25) is 0 Å². The first-order valence-electron chi connectivity index (χ1n) is 5.58. The fraction of sp³-hybridized carbons (Fsp3) is 0.727. The minimum absolute atomic E-state index is 0.0371. The molecule has 1 amide bonds. The van der Waals surface area contributed by atoms with Crippen molar-refractivity contribution in [1.82, 2.24) is 5.01 Å². The van der Waals surface area contributed by atoms with E-state index in [-0.39, 0.29) is 11.9 Å². The van der Waals surface area contributed by atoms with Crippen molar-refractivity contribution >= 4 is 29.1 Å². The third-order valence-electron chi connectivity index (χ3n) is 1.81. The Labute approximate surface area is 101 Å². The van der Waals surface area contributed by atoms with Gasteiger partial charge in [0, 0.05) is 24.4 Å². The number of hydrazone groups is 1. The lowest BCUT2D eigenvalue weighted by molar-refractivity contribution is -0.127. The fourth-order valence-corrected chi connectivity index (χ4v) is 2.15. The number of aliphatic imine (C=N–C) groups is 1. The molecule has 1 aliphatic heterocycles. The molecule has 4 nitrogen and oxygen atoms in total. The van der Waals surface area contributed by atoms with E-state index in [0.29, 0.717) is 12.3 Å². The van der Waals surface area contributed by atoms with Crippen LogP contribution in [0.5, 0.6) is 0 Å². The third kappa shape index (κ3) is 3.96. The van der Waals surface area contributed by atoms with Crippen molar-refractivity contribution in [3.8, 4) is 0 Å². The molecule has 0 radical (unpaired) electrons. The van der Waals surface area contributed by atoms with Crippen molar-refractivity contribution in [1.29, 1.82) is 0 Å². The normalized spacial score (nSPS) is 20.8. The molecule has 5 heteroatoms. The van der Waals surface area contributed by atoms with E-state index < -0.39 is 0 Å². The summed E-state index contributed by atoms with van der Waals surface area (Å²) in [7, 11) is 0. The van der Waals surface area contributed by atoms with Gasteiger partial charge in [0.2, 0.25) is 5.91 Å². The number of hydrogen-bond acceptors (Lipinski definition) is 4. The quantitative estimate of drug-likeness (QED) is 0.712. The van der Waals surface area contributed by atoms with Gasteiger partial charge in [0.25, 0.3) is 0 Å². The first-order chi connectivity index (χ1) is 7.50. The Hall–Kier alpha value is -0.840. The second-order valence-electron chi connectivity index (χ2n) is 4.32. The molecule has 0 bridgehead atoms. The summed E-state index contributed by atoms with van der Waals surface area (Å²) in [6.45, 7) is 8.06.